The standard InChI is InChI=1S/C25H21ClF2N4O3/c1-34-25-14(26)4-2-6-17(25)31-24-21-15(5-3-7-18(21)33)30-23(24)13-10-11-29-16-8-9-20(32-22(13)16)35-12-19(27)28/h2,4,6,8-11,19,30-31H,3,5,7,12H2,1H3. The Morgan fingerprint density at radius 1 is 1.20 bits per heavy atom. The first-order valence-electron chi connectivity index (χ1n) is 11.0. The third kappa shape index (κ3) is 4.39. The summed E-state index contributed by atoms with van der Waals surface area (Å²) in [5, 5.41) is 3.77. The number of rotatable bonds is 7. The summed E-state index contributed by atoms with van der Waals surface area (Å²) in [5.74, 6) is 0.522. The number of anilines is 2. The van der Waals surface area contributed by atoms with Gasteiger partial charge in [-0.25, -0.2) is 13.8 Å². The van der Waals surface area contributed by atoms with Crippen LogP contribution in [-0.4, -0.2) is 40.9 Å². The molecule has 0 unspecified atom stereocenters. The second-order valence-electron chi connectivity index (χ2n) is 8.03. The predicted octanol–water partition coefficient (Wildman–Crippen LogP) is 6.19. The van der Waals surface area contributed by atoms with Gasteiger partial charge in [0.25, 0.3) is 6.43 Å². The van der Waals surface area contributed by atoms with Crippen molar-refractivity contribution < 1.29 is 23.0 Å². The molecule has 35 heavy (non-hydrogen) atoms. The zero-order chi connectivity index (χ0) is 24.5. The Morgan fingerprint density at radius 3 is 2.86 bits per heavy atom. The van der Waals surface area contributed by atoms with Crippen LogP contribution in [0.5, 0.6) is 11.6 Å². The first kappa shape index (κ1) is 23.0. The summed E-state index contributed by atoms with van der Waals surface area (Å²) < 4.78 is 36.0. The predicted molar refractivity (Wildman–Crippen MR) is 129 cm³/mol. The molecular weight excluding hydrogens is 478 g/mol. The number of H-pyrrole nitrogens is 1. The van der Waals surface area contributed by atoms with Crippen LogP contribution in [0, 0.1) is 0 Å². The molecule has 1 aliphatic rings. The Balaban J connectivity index is 1.69. The second kappa shape index (κ2) is 9.50. The van der Waals surface area contributed by atoms with Gasteiger partial charge in [-0.15, -0.1) is 0 Å². The summed E-state index contributed by atoms with van der Waals surface area (Å²) in [6.45, 7) is -0.763. The van der Waals surface area contributed by atoms with Gasteiger partial charge in [0.05, 0.1) is 40.3 Å². The highest BCUT2D eigenvalue weighted by Crippen LogP contribution is 2.43. The van der Waals surface area contributed by atoms with Crippen molar-refractivity contribution in [2.24, 2.45) is 0 Å². The average Bonchev–Trinajstić information content (AvgIpc) is 3.21. The molecule has 0 aliphatic heterocycles. The lowest BCUT2D eigenvalue weighted by molar-refractivity contribution is 0.0797. The lowest BCUT2D eigenvalue weighted by Gasteiger charge is -2.16. The number of aromatic nitrogens is 3. The highest BCUT2D eigenvalue weighted by atomic mass is 35.5. The first-order valence-corrected chi connectivity index (χ1v) is 11.4. The van der Waals surface area contributed by atoms with E-state index in [4.69, 9.17) is 21.1 Å². The maximum absolute atomic E-state index is 13.0. The summed E-state index contributed by atoms with van der Waals surface area (Å²) in [4.78, 5) is 25.2. The molecular formula is C25H21ClF2N4O3. The summed E-state index contributed by atoms with van der Waals surface area (Å²) in [5.41, 5.74) is 4.82. The summed E-state index contributed by atoms with van der Waals surface area (Å²) >= 11 is 6.32. The van der Waals surface area contributed by atoms with E-state index in [2.05, 4.69) is 20.3 Å². The smallest absolute Gasteiger partial charge is 0.272 e. The van der Waals surface area contributed by atoms with Crippen LogP contribution in [0.15, 0.2) is 42.6 Å². The van der Waals surface area contributed by atoms with Gasteiger partial charge >= 0.3 is 0 Å². The molecule has 3 heterocycles. The van der Waals surface area contributed by atoms with Crippen LogP contribution in [-0.2, 0) is 6.42 Å². The number of alkyl halides is 2. The van der Waals surface area contributed by atoms with E-state index in [0.29, 0.717) is 62.8 Å². The quantitative estimate of drug-likeness (QED) is 0.315. The van der Waals surface area contributed by atoms with Gasteiger partial charge in [-0.3, -0.25) is 9.78 Å². The largest absolute Gasteiger partial charge is 0.493 e. The third-order valence-electron chi connectivity index (χ3n) is 5.80. The van der Waals surface area contributed by atoms with E-state index < -0.39 is 13.0 Å². The normalized spacial score (nSPS) is 13.2. The zero-order valence-corrected chi connectivity index (χ0v) is 19.5. The Morgan fingerprint density at radius 2 is 2.06 bits per heavy atom. The number of nitrogens with one attached hydrogen (secondary N) is 2. The second-order valence-corrected chi connectivity index (χ2v) is 8.44. The molecule has 7 nitrogen and oxygen atoms in total. The number of Topliss-reactive ketones (excluding diaryl/α,β-unsaturated/α-hetero) is 1. The van der Waals surface area contributed by atoms with Crippen molar-refractivity contribution in [1.82, 2.24) is 15.0 Å². The van der Waals surface area contributed by atoms with Gasteiger partial charge < -0.3 is 19.8 Å². The molecule has 2 N–H and O–H groups in total. The average molecular weight is 499 g/mol. The van der Waals surface area contributed by atoms with Crippen LogP contribution in [0.3, 0.4) is 0 Å². The number of ether oxygens (including phenoxy) is 2. The molecule has 0 saturated carbocycles. The van der Waals surface area contributed by atoms with Gasteiger partial charge in [-0.1, -0.05) is 17.7 Å². The van der Waals surface area contributed by atoms with Gasteiger partial charge in [0.15, 0.2) is 18.1 Å². The molecule has 0 spiro atoms. The molecule has 4 aromatic rings. The molecule has 1 aliphatic carbocycles. The van der Waals surface area contributed by atoms with E-state index in [1.54, 1.807) is 36.5 Å². The number of aromatic amines is 1. The van der Waals surface area contributed by atoms with Crippen molar-refractivity contribution in [3.63, 3.8) is 0 Å². The van der Waals surface area contributed by atoms with Crippen LogP contribution in [0.4, 0.5) is 20.2 Å². The molecule has 0 atom stereocenters. The summed E-state index contributed by atoms with van der Waals surface area (Å²) in [6, 6.07) is 10.2. The number of carbonyl (C=O) groups is 1. The molecule has 0 amide bonds. The van der Waals surface area contributed by atoms with E-state index in [9.17, 15) is 13.6 Å². The molecule has 0 bridgehead atoms. The fraction of sp³-hybridized carbons (Fsp3) is 0.240. The van der Waals surface area contributed by atoms with E-state index in [1.807, 2.05) is 0 Å². The number of halogens is 3. The Labute approximate surface area is 204 Å². The molecule has 180 valence electrons. The van der Waals surface area contributed by atoms with E-state index >= 15 is 0 Å². The van der Waals surface area contributed by atoms with E-state index in [-0.39, 0.29) is 11.7 Å². The maximum Gasteiger partial charge on any atom is 0.272 e. The van der Waals surface area contributed by atoms with Crippen molar-refractivity contribution >= 4 is 39.8 Å². The van der Waals surface area contributed by atoms with Crippen LogP contribution >= 0.6 is 11.6 Å². The number of ketones is 1. The van der Waals surface area contributed by atoms with Gasteiger partial charge in [0, 0.05) is 29.9 Å². The molecule has 10 heteroatoms. The Hall–Kier alpha value is -3.72. The van der Waals surface area contributed by atoms with Crippen LogP contribution < -0.4 is 14.8 Å². The number of carbonyl (C=O) groups excluding carboxylic acids is 1. The van der Waals surface area contributed by atoms with Crippen molar-refractivity contribution in [1.29, 1.82) is 0 Å². The van der Waals surface area contributed by atoms with Crippen molar-refractivity contribution in [2.75, 3.05) is 19.0 Å². The van der Waals surface area contributed by atoms with Gasteiger partial charge in [0.1, 0.15) is 5.52 Å². The number of nitrogens with zero attached hydrogens (tertiary/aromatic N) is 2. The van der Waals surface area contributed by atoms with Gasteiger partial charge in [-0.2, -0.15) is 0 Å². The minimum absolute atomic E-state index is 0.0181. The molecule has 0 saturated heterocycles. The molecule has 0 radical (unpaired) electrons. The highest BCUT2D eigenvalue weighted by Gasteiger charge is 2.28. The van der Waals surface area contributed by atoms with Gasteiger partial charge in [0.2, 0.25) is 5.88 Å². The van der Waals surface area contributed by atoms with Crippen molar-refractivity contribution in [3.8, 4) is 22.9 Å². The minimum atomic E-state index is -2.62. The Bertz CT molecular complexity index is 1420. The van der Waals surface area contributed by atoms with Gasteiger partial charge in [-0.05, 0) is 37.1 Å². The third-order valence-corrected chi connectivity index (χ3v) is 6.10. The number of fused-ring (bicyclic) bond motifs is 2. The number of hydrogen-bond donors (Lipinski definition) is 2. The molecule has 0 fully saturated rings. The summed E-state index contributed by atoms with van der Waals surface area (Å²) in [6.07, 6.45) is 0.899. The van der Waals surface area contributed by atoms with Crippen LogP contribution in [0.2, 0.25) is 5.02 Å². The number of hydrogen-bond acceptors (Lipinski definition) is 6. The lowest BCUT2D eigenvalue weighted by Crippen LogP contribution is -2.11. The topological polar surface area (TPSA) is 89.1 Å². The summed E-state index contributed by atoms with van der Waals surface area (Å²) in [7, 11) is 1.52. The van der Waals surface area contributed by atoms with Crippen molar-refractivity contribution in [2.45, 2.75) is 25.7 Å². The number of para-hydroxylation sites is 1. The molecule has 3 aromatic heterocycles. The van der Waals surface area contributed by atoms with E-state index in [1.165, 1.54) is 13.2 Å². The molecule has 5 rings (SSSR count). The number of methoxy groups -OCH3 is 1. The fourth-order valence-electron chi connectivity index (χ4n) is 4.31. The minimum Gasteiger partial charge on any atom is -0.493 e. The fourth-order valence-corrected chi connectivity index (χ4v) is 4.56. The number of pyridine rings is 2. The molecule has 1 aromatic carbocycles. The number of benzene rings is 1. The highest BCUT2D eigenvalue weighted by molar-refractivity contribution is 6.32. The zero-order valence-electron chi connectivity index (χ0n) is 18.7. The van der Waals surface area contributed by atoms with Crippen molar-refractivity contribution in [3.05, 3.63) is 58.9 Å². The monoisotopic (exact) mass is 498 g/mol. The Kier molecular flexibility index (Phi) is 6.25. The van der Waals surface area contributed by atoms with Crippen LogP contribution in [0.25, 0.3) is 22.3 Å². The maximum atomic E-state index is 13.0. The SMILES string of the molecule is COc1c(Cl)cccc1Nc1c(-c2ccnc3ccc(OCC(F)F)nc23)[nH]c2c1C(=O)CCC2. The van der Waals surface area contributed by atoms with Crippen LogP contribution in [0.1, 0.15) is 28.9 Å². The lowest BCUT2D eigenvalue weighted by atomic mass is 9.94. The number of aryl methyl sites for hydroxylation is 1. The first-order chi connectivity index (χ1) is 17.0. The van der Waals surface area contributed by atoms with E-state index in [0.717, 1.165) is 12.1 Å².